The molecule has 5 heteroatoms. The van der Waals surface area contributed by atoms with Gasteiger partial charge in [0.15, 0.2) is 11.3 Å². The lowest BCUT2D eigenvalue weighted by Gasteiger charge is -2.11. The largest absolute Gasteiger partial charge is 0.457 e. The lowest BCUT2D eigenvalue weighted by Crippen LogP contribution is -1.99. The van der Waals surface area contributed by atoms with Gasteiger partial charge in [-0.25, -0.2) is 15.0 Å². The summed E-state index contributed by atoms with van der Waals surface area (Å²) in [5.74, 6) is 2.37. The number of ether oxygens (including phenoxy) is 1. The molecule has 152 valence electrons. The maximum absolute atomic E-state index is 5.96. The summed E-state index contributed by atoms with van der Waals surface area (Å²) >= 11 is 0. The smallest absolute Gasteiger partial charge is 0.199 e. The van der Waals surface area contributed by atoms with Crippen molar-refractivity contribution in [2.45, 2.75) is 0 Å². The van der Waals surface area contributed by atoms with Crippen LogP contribution < -0.4 is 4.74 Å². The van der Waals surface area contributed by atoms with Gasteiger partial charge in [-0.2, -0.15) is 0 Å². The van der Waals surface area contributed by atoms with Crippen molar-refractivity contribution in [2.24, 2.45) is 0 Å². The van der Waals surface area contributed by atoms with Crippen LogP contribution in [0.15, 0.2) is 109 Å². The second-order valence-corrected chi connectivity index (χ2v) is 7.41. The van der Waals surface area contributed by atoms with Crippen LogP contribution in [0.1, 0.15) is 0 Å². The van der Waals surface area contributed by atoms with Gasteiger partial charge in [0.2, 0.25) is 0 Å². The van der Waals surface area contributed by atoms with E-state index < -0.39 is 0 Å². The molecule has 2 aromatic heterocycles. The highest BCUT2D eigenvalue weighted by molar-refractivity contribution is 5.86. The van der Waals surface area contributed by atoms with E-state index in [1.165, 1.54) is 0 Å². The van der Waals surface area contributed by atoms with Crippen LogP contribution >= 0.6 is 0 Å². The summed E-state index contributed by atoms with van der Waals surface area (Å²) in [6.45, 7) is 0. The average Bonchev–Trinajstić information content (AvgIpc) is 3.22. The number of hydrogen-bond acceptors (Lipinski definition) is 4. The SMILES string of the molecule is c1ccc(Oc2ccc(-n3c(-c4ccccc4)nc4nc5ccccc5nc43)cc2)cc1. The van der Waals surface area contributed by atoms with Gasteiger partial charge in [0.25, 0.3) is 0 Å². The minimum atomic E-state index is 0.618. The molecular formula is C27H18N4O. The molecule has 0 aliphatic carbocycles. The summed E-state index contributed by atoms with van der Waals surface area (Å²) in [5.41, 5.74) is 4.95. The van der Waals surface area contributed by atoms with Crippen LogP contribution in [0.3, 0.4) is 0 Å². The van der Waals surface area contributed by atoms with Crippen molar-refractivity contribution in [1.29, 1.82) is 0 Å². The molecule has 0 spiro atoms. The van der Waals surface area contributed by atoms with Gasteiger partial charge in [0.1, 0.15) is 17.3 Å². The fraction of sp³-hybridized carbons (Fsp3) is 0. The van der Waals surface area contributed by atoms with E-state index >= 15 is 0 Å². The molecule has 0 saturated carbocycles. The lowest BCUT2D eigenvalue weighted by atomic mass is 10.2. The molecule has 0 aliphatic heterocycles. The number of benzene rings is 4. The fourth-order valence-electron chi connectivity index (χ4n) is 3.77. The number of hydrogen-bond donors (Lipinski definition) is 0. The summed E-state index contributed by atoms with van der Waals surface area (Å²) < 4.78 is 8.01. The topological polar surface area (TPSA) is 52.8 Å². The summed E-state index contributed by atoms with van der Waals surface area (Å²) in [7, 11) is 0. The van der Waals surface area contributed by atoms with E-state index in [4.69, 9.17) is 19.7 Å². The Morgan fingerprint density at radius 2 is 1.12 bits per heavy atom. The number of nitrogens with zero attached hydrogens (tertiary/aromatic N) is 4. The second-order valence-electron chi connectivity index (χ2n) is 7.41. The van der Waals surface area contributed by atoms with Crippen LogP contribution in [0.4, 0.5) is 0 Å². The van der Waals surface area contributed by atoms with Crippen LogP contribution in [-0.4, -0.2) is 19.5 Å². The summed E-state index contributed by atoms with van der Waals surface area (Å²) in [5, 5.41) is 0. The van der Waals surface area contributed by atoms with Crippen molar-refractivity contribution in [2.75, 3.05) is 0 Å². The maximum Gasteiger partial charge on any atom is 0.199 e. The Bertz CT molecular complexity index is 1530. The molecule has 0 fully saturated rings. The predicted molar refractivity (Wildman–Crippen MR) is 126 cm³/mol. The molecule has 2 heterocycles. The van der Waals surface area contributed by atoms with Crippen LogP contribution in [0.25, 0.3) is 39.4 Å². The van der Waals surface area contributed by atoms with Gasteiger partial charge in [-0.15, -0.1) is 0 Å². The Hall–Kier alpha value is -4.51. The first-order valence-electron chi connectivity index (χ1n) is 10.4. The molecule has 0 unspecified atom stereocenters. The van der Waals surface area contributed by atoms with E-state index in [1.54, 1.807) is 0 Å². The predicted octanol–water partition coefficient (Wildman–Crippen LogP) is 6.43. The molecule has 32 heavy (non-hydrogen) atoms. The Morgan fingerprint density at radius 1 is 0.531 bits per heavy atom. The van der Waals surface area contributed by atoms with E-state index in [9.17, 15) is 0 Å². The molecule has 0 aliphatic rings. The Balaban J connectivity index is 1.51. The molecule has 4 aromatic carbocycles. The monoisotopic (exact) mass is 414 g/mol. The van der Waals surface area contributed by atoms with E-state index in [1.807, 2.05) is 109 Å². The van der Waals surface area contributed by atoms with Gasteiger partial charge >= 0.3 is 0 Å². The van der Waals surface area contributed by atoms with E-state index in [2.05, 4.69) is 4.57 Å². The number of imidazole rings is 1. The summed E-state index contributed by atoms with van der Waals surface area (Å²) in [6.07, 6.45) is 0. The van der Waals surface area contributed by atoms with E-state index in [0.29, 0.717) is 5.65 Å². The molecule has 0 atom stereocenters. The minimum absolute atomic E-state index is 0.618. The summed E-state index contributed by atoms with van der Waals surface area (Å²) in [6, 6.07) is 35.7. The normalized spacial score (nSPS) is 11.1. The molecule has 0 bridgehead atoms. The van der Waals surface area contributed by atoms with Gasteiger partial charge in [0.05, 0.1) is 11.0 Å². The first-order chi connectivity index (χ1) is 15.8. The number of rotatable bonds is 4. The Kier molecular flexibility index (Phi) is 4.36. The lowest BCUT2D eigenvalue weighted by molar-refractivity contribution is 0.482. The third kappa shape index (κ3) is 3.26. The number of fused-ring (bicyclic) bond motifs is 2. The number of aromatic nitrogens is 4. The molecule has 0 N–H and O–H groups in total. The zero-order valence-corrected chi connectivity index (χ0v) is 17.1. The van der Waals surface area contributed by atoms with Crippen molar-refractivity contribution in [1.82, 2.24) is 19.5 Å². The molecule has 6 rings (SSSR count). The van der Waals surface area contributed by atoms with E-state index in [-0.39, 0.29) is 0 Å². The second kappa shape index (κ2) is 7.63. The molecule has 5 nitrogen and oxygen atoms in total. The molecule has 0 saturated heterocycles. The quantitative estimate of drug-likeness (QED) is 0.334. The zero-order chi connectivity index (χ0) is 21.3. The zero-order valence-electron chi connectivity index (χ0n) is 17.1. The average molecular weight is 414 g/mol. The van der Waals surface area contributed by atoms with Gasteiger partial charge in [-0.05, 0) is 48.5 Å². The first kappa shape index (κ1) is 18.3. The highest BCUT2D eigenvalue weighted by atomic mass is 16.5. The van der Waals surface area contributed by atoms with E-state index in [0.717, 1.165) is 45.3 Å². The third-order valence-electron chi connectivity index (χ3n) is 5.28. The number of para-hydroxylation sites is 3. The standard InChI is InChI=1S/C27H18N4O/c1-3-9-19(10-4-1)26-30-25-27(29-24-14-8-7-13-23(24)28-25)31(26)20-15-17-22(18-16-20)32-21-11-5-2-6-12-21/h1-18H. The molecule has 0 amide bonds. The van der Waals surface area contributed by atoms with Crippen molar-refractivity contribution in [3.8, 4) is 28.6 Å². The van der Waals surface area contributed by atoms with Gasteiger partial charge in [-0.3, -0.25) is 4.57 Å². The van der Waals surface area contributed by atoms with Gasteiger partial charge in [0, 0.05) is 11.3 Å². The molecule has 0 radical (unpaired) electrons. The minimum Gasteiger partial charge on any atom is -0.457 e. The van der Waals surface area contributed by atoms with Crippen LogP contribution in [0.5, 0.6) is 11.5 Å². The highest BCUT2D eigenvalue weighted by Crippen LogP contribution is 2.30. The Morgan fingerprint density at radius 3 is 1.84 bits per heavy atom. The molecule has 6 aromatic rings. The third-order valence-corrected chi connectivity index (χ3v) is 5.28. The maximum atomic E-state index is 5.96. The van der Waals surface area contributed by atoms with Crippen LogP contribution in [0.2, 0.25) is 0 Å². The van der Waals surface area contributed by atoms with Crippen LogP contribution in [0, 0.1) is 0 Å². The first-order valence-corrected chi connectivity index (χ1v) is 10.4. The van der Waals surface area contributed by atoms with Crippen molar-refractivity contribution in [3.63, 3.8) is 0 Å². The van der Waals surface area contributed by atoms with Crippen molar-refractivity contribution >= 4 is 22.3 Å². The van der Waals surface area contributed by atoms with Gasteiger partial charge in [-0.1, -0.05) is 60.7 Å². The van der Waals surface area contributed by atoms with Gasteiger partial charge < -0.3 is 4.74 Å². The highest BCUT2D eigenvalue weighted by Gasteiger charge is 2.17. The van der Waals surface area contributed by atoms with Crippen LogP contribution in [-0.2, 0) is 0 Å². The Labute approximate surface area is 184 Å². The van der Waals surface area contributed by atoms with Crippen molar-refractivity contribution in [3.05, 3.63) is 109 Å². The molecular weight excluding hydrogens is 396 g/mol. The fourth-order valence-corrected chi connectivity index (χ4v) is 3.77. The van der Waals surface area contributed by atoms with Crippen molar-refractivity contribution < 1.29 is 4.74 Å². The summed E-state index contributed by atoms with van der Waals surface area (Å²) in [4.78, 5) is 14.5.